The quantitative estimate of drug-likeness (QED) is 0.715. The van der Waals surface area contributed by atoms with E-state index in [9.17, 15) is 0 Å². The minimum Gasteiger partial charge on any atom is -0.471 e. The van der Waals surface area contributed by atoms with Crippen molar-refractivity contribution >= 4 is 13.5 Å². The molecule has 1 heterocycles. The van der Waals surface area contributed by atoms with E-state index in [0.29, 0.717) is 0 Å². The smallest absolute Gasteiger partial charge is 0.123 e. The van der Waals surface area contributed by atoms with Gasteiger partial charge in [-0.25, -0.2) is 0 Å². The molecule has 0 atom stereocenters. The third-order valence-electron chi connectivity index (χ3n) is 2.74. The van der Waals surface area contributed by atoms with Gasteiger partial charge in [0.25, 0.3) is 0 Å². The second-order valence-corrected chi connectivity index (χ2v) is 10.2. The molecule has 0 spiro atoms. The lowest BCUT2D eigenvalue weighted by Gasteiger charge is -2.10. The van der Waals surface area contributed by atoms with Crippen LogP contribution < -0.4 is 5.38 Å². The van der Waals surface area contributed by atoms with Gasteiger partial charge in [-0.15, -0.1) is 0 Å². The molecule has 2 rings (SSSR count). The Bertz CT molecular complexity index is 477. The first-order valence-electron chi connectivity index (χ1n) is 5.65. The van der Waals surface area contributed by atoms with Crippen molar-refractivity contribution in [2.45, 2.75) is 26.6 Å². The summed E-state index contributed by atoms with van der Waals surface area (Å²) in [4.78, 5) is 0. The molecule has 0 saturated carbocycles. The molecule has 16 heavy (non-hydrogen) atoms. The second-order valence-electron chi connectivity index (χ2n) is 5.20. The van der Waals surface area contributed by atoms with E-state index in [4.69, 9.17) is 4.42 Å². The fourth-order valence-corrected chi connectivity index (χ4v) is 2.79. The molecule has 0 bridgehead atoms. The standard InChI is InChI=1S/C14H18OSi/c1-11-13(12-8-6-5-7-9-12)10-14(15-11)16(2,3)4/h5-10H,1-4H3. The largest absolute Gasteiger partial charge is 0.471 e. The minimum absolute atomic E-state index is 1.03. The number of hydrogen-bond donors (Lipinski definition) is 0. The zero-order chi connectivity index (χ0) is 11.8. The Morgan fingerprint density at radius 2 is 1.62 bits per heavy atom. The summed E-state index contributed by atoms with van der Waals surface area (Å²) < 4.78 is 5.90. The maximum absolute atomic E-state index is 5.90. The van der Waals surface area contributed by atoms with Crippen LogP contribution in [0.5, 0.6) is 0 Å². The fourth-order valence-electron chi connectivity index (χ4n) is 1.76. The second kappa shape index (κ2) is 3.94. The molecule has 1 aromatic carbocycles. The number of aryl methyl sites for hydroxylation is 1. The lowest BCUT2D eigenvalue weighted by atomic mass is 10.1. The molecular weight excluding hydrogens is 212 g/mol. The van der Waals surface area contributed by atoms with E-state index in [1.54, 1.807) is 0 Å². The van der Waals surface area contributed by atoms with Crippen molar-refractivity contribution < 1.29 is 4.42 Å². The van der Waals surface area contributed by atoms with Crippen LogP contribution in [0, 0.1) is 6.92 Å². The van der Waals surface area contributed by atoms with Crippen LogP contribution in [0.15, 0.2) is 40.8 Å². The summed E-state index contributed by atoms with van der Waals surface area (Å²) in [7, 11) is -1.34. The Hall–Kier alpha value is -1.28. The van der Waals surface area contributed by atoms with E-state index >= 15 is 0 Å². The van der Waals surface area contributed by atoms with Crippen molar-refractivity contribution in [2.75, 3.05) is 0 Å². The first-order chi connectivity index (χ1) is 7.48. The van der Waals surface area contributed by atoms with Crippen LogP contribution in [0.1, 0.15) is 5.76 Å². The highest BCUT2D eigenvalue weighted by Gasteiger charge is 2.22. The van der Waals surface area contributed by atoms with E-state index in [2.05, 4.69) is 50.0 Å². The van der Waals surface area contributed by atoms with Crippen LogP contribution in [-0.2, 0) is 0 Å². The SMILES string of the molecule is Cc1oc([Si](C)(C)C)cc1-c1ccccc1. The van der Waals surface area contributed by atoms with Crippen molar-refractivity contribution in [3.63, 3.8) is 0 Å². The van der Waals surface area contributed by atoms with Crippen LogP contribution in [0.25, 0.3) is 11.1 Å². The molecule has 0 amide bonds. The third kappa shape index (κ3) is 2.12. The van der Waals surface area contributed by atoms with Crippen LogP contribution in [0.3, 0.4) is 0 Å². The molecule has 0 unspecified atom stereocenters. The van der Waals surface area contributed by atoms with Gasteiger partial charge >= 0.3 is 0 Å². The Balaban J connectivity index is 2.48. The van der Waals surface area contributed by atoms with Crippen molar-refractivity contribution in [3.05, 3.63) is 42.2 Å². The molecule has 0 aliphatic rings. The van der Waals surface area contributed by atoms with Crippen molar-refractivity contribution in [2.24, 2.45) is 0 Å². The number of furan rings is 1. The normalized spacial score (nSPS) is 11.8. The van der Waals surface area contributed by atoms with Gasteiger partial charge in [-0.2, -0.15) is 0 Å². The Morgan fingerprint density at radius 1 is 1.00 bits per heavy atom. The molecule has 0 radical (unpaired) electrons. The molecule has 0 fully saturated rings. The van der Waals surface area contributed by atoms with Gasteiger partial charge in [0, 0.05) is 5.56 Å². The molecular formula is C14H18OSi. The summed E-state index contributed by atoms with van der Waals surface area (Å²) in [6.45, 7) is 8.96. The molecule has 1 aromatic heterocycles. The third-order valence-corrected chi connectivity index (χ3v) is 4.47. The van der Waals surface area contributed by atoms with Crippen molar-refractivity contribution in [1.29, 1.82) is 0 Å². The van der Waals surface area contributed by atoms with E-state index in [0.717, 1.165) is 5.76 Å². The first-order valence-corrected chi connectivity index (χ1v) is 9.15. The zero-order valence-corrected chi connectivity index (χ0v) is 11.4. The molecule has 1 nitrogen and oxygen atoms in total. The lowest BCUT2D eigenvalue weighted by Crippen LogP contribution is -2.36. The average Bonchev–Trinajstić information content (AvgIpc) is 2.61. The van der Waals surface area contributed by atoms with Gasteiger partial charge in [0.05, 0.1) is 5.38 Å². The van der Waals surface area contributed by atoms with Crippen LogP contribution in [0.2, 0.25) is 19.6 Å². The summed E-state index contributed by atoms with van der Waals surface area (Å²) in [5, 5.41) is 1.18. The summed E-state index contributed by atoms with van der Waals surface area (Å²) in [6, 6.07) is 12.7. The summed E-state index contributed by atoms with van der Waals surface area (Å²) in [6.07, 6.45) is 0. The topological polar surface area (TPSA) is 13.1 Å². The molecule has 84 valence electrons. The maximum Gasteiger partial charge on any atom is 0.123 e. The molecule has 2 aromatic rings. The lowest BCUT2D eigenvalue weighted by molar-refractivity contribution is 0.563. The van der Waals surface area contributed by atoms with Crippen LogP contribution >= 0.6 is 0 Å². The zero-order valence-electron chi connectivity index (χ0n) is 10.4. The predicted molar refractivity (Wildman–Crippen MR) is 71.9 cm³/mol. The molecule has 0 aliphatic heterocycles. The maximum atomic E-state index is 5.90. The fraction of sp³-hybridized carbons (Fsp3) is 0.286. The number of rotatable bonds is 2. The Kier molecular flexibility index (Phi) is 2.76. The van der Waals surface area contributed by atoms with E-state index in [1.807, 2.05) is 13.0 Å². The van der Waals surface area contributed by atoms with Crippen LogP contribution in [0.4, 0.5) is 0 Å². The van der Waals surface area contributed by atoms with Gasteiger partial charge in [-0.05, 0) is 18.6 Å². The molecule has 2 heteroatoms. The van der Waals surface area contributed by atoms with Gasteiger partial charge in [0.2, 0.25) is 0 Å². The van der Waals surface area contributed by atoms with Crippen molar-refractivity contribution in [1.82, 2.24) is 0 Å². The minimum atomic E-state index is -1.34. The predicted octanol–water partition coefficient (Wildman–Crippen LogP) is 3.80. The average molecular weight is 230 g/mol. The van der Waals surface area contributed by atoms with Gasteiger partial charge in [-0.3, -0.25) is 0 Å². The summed E-state index contributed by atoms with van der Waals surface area (Å²) in [5.74, 6) is 1.03. The monoisotopic (exact) mass is 230 g/mol. The van der Waals surface area contributed by atoms with Crippen LogP contribution in [-0.4, -0.2) is 8.07 Å². The van der Waals surface area contributed by atoms with Gasteiger partial charge in [0.15, 0.2) is 0 Å². The summed E-state index contributed by atoms with van der Waals surface area (Å²) in [5.41, 5.74) is 2.48. The van der Waals surface area contributed by atoms with Gasteiger partial charge in [0.1, 0.15) is 13.8 Å². The first kappa shape index (κ1) is 11.2. The number of hydrogen-bond acceptors (Lipinski definition) is 1. The Morgan fingerprint density at radius 3 is 2.12 bits per heavy atom. The van der Waals surface area contributed by atoms with E-state index < -0.39 is 8.07 Å². The highest BCUT2D eigenvalue weighted by atomic mass is 28.3. The van der Waals surface area contributed by atoms with Crippen molar-refractivity contribution in [3.8, 4) is 11.1 Å². The Labute approximate surface area is 98.1 Å². The van der Waals surface area contributed by atoms with E-state index in [-0.39, 0.29) is 0 Å². The highest BCUT2D eigenvalue weighted by Crippen LogP contribution is 2.24. The summed E-state index contributed by atoms with van der Waals surface area (Å²) >= 11 is 0. The number of benzene rings is 1. The molecule has 0 aliphatic carbocycles. The molecule has 0 saturated heterocycles. The van der Waals surface area contributed by atoms with Gasteiger partial charge < -0.3 is 4.42 Å². The van der Waals surface area contributed by atoms with E-state index in [1.165, 1.54) is 16.5 Å². The van der Waals surface area contributed by atoms with Gasteiger partial charge in [-0.1, -0.05) is 50.0 Å². The highest BCUT2D eigenvalue weighted by molar-refractivity contribution is 6.87. The molecule has 0 N–H and O–H groups in total.